The highest BCUT2D eigenvalue weighted by molar-refractivity contribution is 5.44. The molecule has 18 heavy (non-hydrogen) atoms. The number of anilines is 1. The summed E-state index contributed by atoms with van der Waals surface area (Å²) in [6.07, 6.45) is 3.60. The Morgan fingerprint density at radius 2 is 2.39 bits per heavy atom. The van der Waals surface area contributed by atoms with Crippen LogP contribution in [0.5, 0.6) is 0 Å². The lowest BCUT2D eigenvalue weighted by atomic mass is 10.1. The van der Waals surface area contributed by atoms with Gasteiger partial charge in [0, 0.05) is 19.2 Å². The van der Waals surface area contributed by atoms with Gasteiger partial charge in [-0.3, -0.25) is 10.1 Å². The molecule has 0 bridgehead atoms. The highest BCUT2D eigenvalue weighted by atomic mass is 16.6. The number of nitrogens with one attached hydrogen (secondary N) is 1. The van der Waals surface area contributed by atoms with Crippen LogP contribution in [-0.4, -0.2) is 29.2 Å². The van der Waals surface area contributed by atoms with Crippen molar-refractivity contribution in [3.05, 3.63) is 27.9 Å². The molecular weight excluding hydrogens is 234 g/mol. The number of rotatable bonds is 4. The summed E-state index contributed by atoms with van der Waals surface area (Å²) in [5.74, 6) is 0.660. The van der Waals surface area contributed by atoms with Crippen LogP contribution in [0.15, 0.2) is 12.1 Å². The molecule has 0 aliphatic carbocycles. The Bertz CT molecular complexity index is 431. The maximum Gasteiger partial charge on any atom is 0.290 e. The third kappa shape index (κ3) is 3.16. The van der Waals surface area contributed by atoms with E-state index in [-0.39, 0.29) is 11.8 Å². The molecule has 6 nitrogen and oxygen atoms in total. The minimum atomic E-state index is -0.420. The van der Waals surface area contributed by atoms with E-state index in [1.54, 1.807) is 13.0 Å². The molecule has 1 aliphatic rings. The summed E-state index contributed by atoms with van der Waals surface area (Å²) in [6, 6.07) is 3.11. The zero-order valence-electron chi connectivity index (χ0n) is 10.4. The van der Waals surface area contributed by atoms with E-state index in [4.69, 9.17) is 4.74 Å². The maximum absolute atomic E-state index is 10.7. The van der Waals surface area contributed by atoms with Crippen molar-refractivity contribution in [2.24, 2.45) is 0 Å². The first-order valence-electron chi connectivity index (χ1n) is 6.14. The summed E-state index contributed by atoms with van der Waals surface area (Å²) in [6.45, 7) is 3.16. The van der Waals surface area contributed by atoms with Gasteiger partial charge < -0.3 is 10.1 Å². The summed E-state index contributed by atoms with van der Waals surface area (Å²) >= 11 is 0. The van der Waals surface area contributed by atoms with Crippen LogP contribution in [-0.2, 0) is 4.74 Å². The fourth-order valence-electron chi connectivity index (χ4n) is 2.03. The minimum absolute atomic E-state index is 0.0504. The van der Waals surface area contributed by atoms with Gasteiger partial charge in [0.25, 0.3) is 5.69 Å². The van der Waals surface area contributed by atoms with Gasteiger partial charge in [-0.1, -0.05) is 0 Å². The Kier molecular flexibility index (Phi) is 4.09. The Labute approximate surface area is 106 Å². The van der Waals surface area contributed by atoms with Gasteiger partial charge in [-0.25, -0.2) is 4.98 Å². The number of nitro groups is 1. The summed E-state index contributed by atoms with van der Waals surface area (Å²) in [4.78, 5) is 14.4. The molecule has 0 amide bonds. The van der Waals surface area contributed by atoms with E-state index in [9.17, 15) is 10.1 Å². The van der Waals surface area contributed by atoms with Crippen molar-refractivity contribution in [1.82, 2.24) is 4.98 Å². The van der Waals surface area contributed by atoms with Crippen molar-refractivity contribution in [1.29, 1.82) is 0 Å². The molecule has 0 aromatic carbocycles. The smallest absolute Gasteiger partial charge is 0.290 e. The first kappa shape index (κ1) is 12.8. The average molecular weight is 251 g/mol. The van der Waals surface area contributed by atoms with Gasteiger partial charge in [0.15, 0.2) is 0 Å². The SMILES string of the molecule is Cc1nc(NCC2CCCCO2)ccc1[N+](=O)[O-]. The molecule has 1 saturated heterocycles. The second-order valence-electron chi connectivity index (χ2n) is 4.43. The zero-order valence-corrected chi connectivity index (χ0v) is 10.4. The van der Waals surface area contributed by atoms with Crippen LogP contribution in [0, 0.1) is 17.0 Å². The third-order valence-electron chi connectivity index (χ3n) is 3.04. The number of nitrogens with zero attached hydrogens (tertiary/aromatic N) is 2. The standard InChI is InChI=1S/C12H17N3O3/c1-9-11(15(16)17)5-6-12(14-9)13-8-10-4-2-3-7-18-10/h5-6,10H,2-4,7-8H2,1H3,(H,13,14). The molecule has 1 N–H and O–H groups in total. The first-order chi connectivity index (χ1) is 8.66. The van der Waals surface area contributed by atoms with Gasteiger partial charge in [-0.15, -0.1) is 0 Å². The van der Waals surface area contributed by atoms with Crippen molar-refractivity contribution in [2.75, 3.05) is 18.5 Å². The van der Waals surface area contributed by atoms with E-state index in [2.05, 4.69) is 10.3 Å². The normalized spacial score (nSPS) is 19.5. The molecule has 0 radical (unpaired) electrons. The Hall–Kier alpha value is -1.69. The Morgan fingerprint density at radius 1 is 1.56 bits per heavy atom. The van der Waals surface area contributed by atoms with E-state index in [0.29, 0.717) is 18.1 Å². The van der Waals surface area contributed by atoms with Crippen LogP contribution in [0.1, 0.15) is 25.0 Å². The van der Waals surface area contributed by atoms with Crippen LogP contribution >= 0.6 is 0 Å². The van der Waals surface area contributed by atoms with E-state index < -0.39 is 4.92 Å². The zero-order chi connectivity index (χ0) is 13.0. The number of hydrogen-bond acceptors (Lipinski definition) is 5. The maximum atomic E-state index is 10.7. The van der Waals surface area contributed by atoms with E-state index in [1.807, 2.05) is 0 Å². The number of aromatic nitrogens is 1. The fraction of sp³-hybridized carbons (Fsp3) is 0.583. The molecule has 1 aromatic rings. The molecule has 1 aromatic heterocycles. The molecule has 0 saturated carbocycles. The van der Waals surface area contributed by atoms with Gasteiger partial charge in [0.2, 0.25) is 0 Å². The topological polar surface area (TPSA) is 77.3 Å². The molecule has 1 fully saturated rings. The van der Waals surface area contributed by atoms with E-state index in [1.165, 1.54) is 12.5 Å². The van der Waals surface area contributed by atoms with Gasteiger partial charge in [-0.2, -0.15) is 0 Å². The van der Waals surface area contributed by atoms with Crippen LogP contribution < -0.4 is 5.32 Å². The molecular formula is C12H17N3O3. The van der Waals surface area contributed by atoms with E-state index in [0.717, 1.165) is 19.4 Å². The molecule has 0 spiro atoms. The van der Waals surface area contributed by atoms with Crippen LogP contribution in [0.25, 0.3) is 0 Å². The lowest BCUT2D eigenvalue weighted by Crippen LogP contribution is -2.27. The van der Waals surface area contributed by atoms with Crippen LogP contribution in [0.4, 0.5) is 11.5 Å². The summed E-state index contributed by atoms with van der Waals surface area (Å²) in [5, 5.41) is 13.8. The Morgan fingerprint density at radius 3 is 3.00 bits per heavy atom. The van der Waals surface area contributed by atoms with Gasteiger partial charge >= 0.3 is 0 Å². The highest BCUT2D eigenvalue weighted by Gasteiger charge is 2.15. The molecule has 6 heteroatoms. The molecule has 98 valence electrons. The number of aryl methyl sites for hydroxylation is 1. The fourth-order valence-corrected chi connectivity index (χ4v) is 2.03. The number of ether oxygens (including phenoxy) is 1. The lowest BCUT2D eigenvalue weighted by molar-refractivity contribution is -0.385. The molecule has 2 heterocycles. The van der Waals surface area contributed by atoms with Gasteiger partial charge in [0.05, 0.1) is 11.0 Å². The van der Waals surface area contributed by atoms with Crippen LogP contribution in [0.2, 0.25) is 0 Å². The lowest BCUT2D eigenvalue weighted by Gasteiger charge is -2.22. The highest BCUT2D eigenvalue weighted by Crippen LogP contribution is 2.18. The second kappa shape index (κ2) is 5.77. The van der Waals surface area contributed by atoms with Crippen molar-refractivity contribution in [3.8, 4) is 0 Å². The molecule has 1 aliphatic heterocycles. The quantitative estimate of drug-likeness (QED) is 0.656. The van der Waals surface area contributed by atoms with Crippen molar-refractivity contribution < 1.29 is 9.66 Å². The van der Waals surface area contributed by atoms with Crippen molar-refractivity contribution >= 4 is 11.5 Å². The summed E-state index contributed by atoms with van der Waals surface area (Å²) < 4.78 is 5.59. The van der Waals surface area contributed by atoms with Crippen molar-refractivity contribution in [2.45, 2.75) is 32.3 Å². The van der Waals surface area contributed by atoms with E-state index >= 15 is 0 Å². The molecule has 1 unspecified atom stereocenters. The van der Waals surface area contributed by atoms with Gasteiger partial charge in [-0.05, 0) is 32.3 Å². The minimum Gasteiger partial charge on any atom is -0.376 e. The molecule has 2 rings (SSSR count). The largest absolute Gasteiger partial charge is 0.376 e. The average Bonchev–Trinajstić information content (AvgIpc) is 2.37. The van der Waals surface area contributed by atoms with Crippen LogP contribution in [0.3, 0.4) is 0 Å². The van der Waals surface area contributed by atoms with Gasteiger partial charge in [0.1, 0.15) is 11.5 Å². The molecule has 1 atom stereocenters. The monoisotopic (exact) mass is 251 g/mol. The summed E-state index contributed by atoms with van der Waals surface area (Å²) in [5.41, 5.74) is 0.476. The Balaban J connectivity index is 1.93. The first-order valence-corrected chi connectivity index (χ1v) is 6.14. The third-order valence-corrected chi connectivity index (χ3v) is 3.04. The summed E-state index contributed by atoms with van der Waals surface area (Å²) in [7, 11) is 0. The predicted molar refractivity (Wildman–Crippen MR) is 67.7 cm³/mol. The number of pyridine rings is 1. The second-order valence-corrected chi connectivity index (χ2v) is 4.43. The number of hydrogen-bond donors (Lipinski definition) is 1. The predicted octanol–water partition coefficient (Wildman–Crippen LogP) is 2.28. The van der Waals surface area contributed by atoms with Crippen molar-refractivity contribution in [3.63, 3.8) is 0 Å².